The Morgan fingerprint density at radius 2 is 1.35 bits per heavy atom. The highest BCUT2D eigenvalue weighted by Crippen LogP contribution is 2.02. The fraction of sp³-hybridized carbons (Fsp3) is 0.571. The molecule has 10 N–H and O–H groups in total. The van der Waals surface area contributed by atoms with Crippen molar-refractivity contribution in [1.29, 1.82) is 0 Å². The van der Waals surface area contributed by atoms with E-state index < -0.39 is 54.1 Å². The van der Waals surface area contributed by atoms with E-state index in [0.717, 1.165) is 0 Å². The molecule has 0 aliphatic heterocycles. The van der Waals surface area contributed by atoms with Crippen molar-refractivity contribution in [3.63, 3.8) is 0 Å². The first kappa shape index (κ1) is 23.0. The lowest BCUT2D eigenvalue weighted by Crippen LogP contribution is -2.54. The van der Waals surface area contributed by atoms with Crippen LogP contribution in [0.15, 0.2) is 0 Å². The molecule has 0 saturated carbocycles. The molecule has 0 aromatic heterocycles. The molecule has 0 spiro atoms. The summed E-state index contributed by atoms with van der Waals surface area (Å²) in [6, 6.07) is -3.68. The minimum atomic E-state index is -1.31. The number of nitrogens with one attached hydrogen (secondary N) is 2. The second kappa shape index (κ2) is 11.5. The van der Waals surface area contributed by atoms with E-state index in [-0.39, 0.29) is 25.7 Å². The topological polar surface area (TPSA) is 231 Å². The van der Waals surface area contributed by atoms with Gasteiger partial charge in [0.05, 0.1) is 12.5 Å². The number of amides is 5. The number of nitrogens with two attached hydrogens (primary N) is 4. The van der Waals surface area contributed by atoms with E-state index in [1.807, 2.05) is 0 Å². The third-order valence-electron chi connectivity index (χ3n) is 3.21. The number of hydrogen-bond donors (Lipinski definition) is 6. The molecule has 26 heavy (non-hydrogen) atoms. The summed E-state index contributed by atoms with van der Waals surface area (Å²) in [4.78, 5) is 67.5. The molecule has 0 unspecified atom stereocenters. The summed E-state index contributed by atoms with van der Waals surface area (Å²) in [5, 5.41) is 4.47. The second-order valence-corrected chi connectivity index (χ2v) is 5.53. The van der Waals surface area contributed by atoms with E-state index >= 15 is 0 Å². The molecule has 0 rings (SSSR count). The van der Waals surface area contributed by atoms with Crippen LogP contribution in [0.2, 0.25) is 0 Å². The average molecular weight is 371 g/mol. The molecular formula is C14H23N6O6. The molecule has 12 heteroatoms. The molecule has 3 atom stereocenters. The van der Waals surface area contributed by atoms with Gasteiger partial charge in [0.15, 0.2) is 0 Å². The van der Waals surface area contributed by atoms with Crippen molar-refractivity contribution in [2.24, 2.45) is 22.9 Å². The van der Waals surface area contributed by atoms with Crippen molar-refractivity contribution in [3.05, 3.63) is 0 Å². The number of carbonyl (C=O) groups excluding carboxylic acids is 6. The first-order valence-corrected chi connectivity index (χ1v) is 7.65. The van der Waals surface area contributed by atoms with Gasteiger partial charge >= 0.3 is 0 Å². The van der Waals surface area contributed by atoms with Gasteiger partial charge in [-0.15, -0.1) is 0 Å². The molecule has 0 fully saturated rings. The zero-order valence-corrected chi connectivity index (χ0v) is 14.0. The summed E-state index contributed by atoms with van der Waals surface area (Å²) in [5.41, 5.74) is 20.5. The summed E-state index contributed by atoms with van der Waals surface area (Å²) >= 11 is 0. The highest BCUT2D eigenvalue weighted by atomic mass is 16.2. The van der Waals surface area contributed by atoms with Gasteiger partial charge in [-0.25, -0.2) is 0 Å². The van der Waals surface area contributed by atoms with Crippen LogP contribution < -0.4 is 33.6 Å². The van der Waals surface area contributed by atoms with Gasteiger partial charge in [-0.05, 0) is 12.8 Å². The molecule has 12 nitrogen and oxygen atoms in total. The van der Waals surface area contributed by atoms with Gasteiger partial charge in [-0.1, -0.05) is 0 Å². The van der Waals surface area contributed by atoms with Crippen LogP contribution in [-0.4, -0.2) is 53.9 Å². The van der Waals surface area contributed by atoms with Crippen LogP contribution in [0.3, 0.4) is 0 Å². The lowest BCUT2D eigenvalue weighted by Gasteiger charge is -2.21. The highest BCUT2D eigenvalue weighted by molar-refractivity contribution is 5.92. The Bertz CT molecular complexity index is 566. The van der Waals surface area contributed by atoms with E-state index in [1.54, 1.807) is 0 Å². The molecule has 145 valence electrons. The maximum Gasteiger partial charge on any atom is 0.243 e. The number of rotatable bonds is 13. The molecule has 0 heterocycles. The normalized spacial score (nSPS) is 13.7. The number of hydrogen-bond acceptors (Lipinski definition) is 7. The van der Waals surface area contributed by atoms with Crippen LogP contribution in [0.25, 0.3) is 0 Å². The minimum absolute atomic E-state index is 0.0439. The molecule has 0 bridgehead atoms. The van der Waals surface area contributed by atoms with Gasteiger partial charge in [-0.3, -0.25) is 28.8 Å². The Hall–Kier alpha value is -3.02. The molecule has 0 aromatic carbocycles. The van der Waals surface area contributed by atoms with Crippen LogP contribution >= 0.6 is 0 Å². The third-order valence-corrected chi connectivity index (χ3v) is 3.21. The Morgan fingerprint density at radius 3 is 1.81 bits per heavy atom. The van der Waals surface area contributed by atoms with E-state index in [0.29, 0.717) is 0 Å². The standard InChI is InChI=1S/C14H23N6O6/c15-8(1-3-10(16)22)13(25)20-9(2-4-11(17)23)14(26)19-7(6-21)5-12(18)24/h7-9H,1-5,15H2,(H2,16,22)(H2,17,23)(H2,18,24)(H,19,26)(H,20,25)/t7-,8-,9-/m0/s1. The fourth-order valence-electron chi connectivity index (χ4n) is 1.86. The van der Waals surface area contributed by atoms with Crippen LogP contribution in [0.1, 0.15) is 32.1 Å². The molecular weight excluding hydrogens is 348 g/mol. The predicted octanol–water partition coefficient (Wildman–Crippen LogP) is -4.20. The third kappa shape index (κ3) is 9.97. The molecule has 1 radical (unpaired) electrons. The van der Waals surface area contributed by atoms with Gasteiger partial charge < -0.3 is 33.6 Å². The van der Waals surface area contributed by atoms with Crippen molar-refractivity contribution in [3.8, 4) is 0 Å². The summed E-state index contributed by atoms with van der Waals surface area (Å²) in [6.45, 7) is 0. The number of primary amides is 3. The fourth-order valence-corrected chi connectivity index (χ4v) is 1.86. The zero-order chi connectivity index (χ0) is 20.3. The van der Waals surface area contributed by atoms with Crippen LogP contribution in [0.4, 0.5) is 0 Å². The molecule has 0 saturated heterocycles. The average Bonchev–Trinajstić information content (AvgIpc) is 2.54. The SMILES string of the molecule is NC(=O)CC[C@H](NC(=O)[C@@H](N)CCC(N)=O)C(=O)N[C@H]([C]=O)CC(N)=O. The lowest BCUT2D eigenvalue weighted by atomic mass is 10.1. The summed E-state index contributed by atoms with van der Waals surface area (Å²) in [5.74, 6) is -3.82. The summed E-state index contributed by atoms with van der Waals surface area (Å²) < 4.78 is 0. The van der Waals surface area contributed by atoms with E-state index in [4.69, 9.17) is 22.9 Å². The molecule has 0 aliphatic rings. The van der Waals surface area contributed by atoms with E-state index in [1.165, 1.54) is 6.29 Å². The van der Waals surface area contributed by atoms with Crippen molar-refractivity contribution in [2.75, 3.05) is 0 Å². The zero-order valence-electron chi connectivity index (χ0n) is 14.0. The maximum atomic E-state index is 12.2. The van der Waals surface area contributed by atoms with Gasteiger partial charge in [0.2, 0.25) is 35.8 Å². The van der Waals surface area contributed by atoms with Crippen LogP contribution in [0, 0.1) is 0 Å². The van der Waals surface area contributed by atoms with Crippen LogP contribution in [-0.2, 0) is 28.8 Å². The maximum absolute atomic E-state index is 12.2. The first-order chi connectivity index (χ1) is 12.1. The molecule has 0 aliphatic carbocycles. The van der Waals surface area contributed by atoms with Gasteiger partial charge in [0, 0.05) is 12.8 Å². The van der Waals surface area contributed by atoms with Crippen LogP contribution in [0.5, 0.6) is 0 Å². The van der Waals surface area contributed by atoms with Crippen molar-refractivity contribution in [2.45, 2.75) is 50.2 Å². The lowest BCUT2D eigenvalue weighted by molar-refractivity contribution is -0.131. The van der Waals surface area contributed by atoms with E-state index in [2.05, 4.69) is 10.6 Å². The molecule has 5 amide bonds. The minimum Gasteiger partial charge on any atom is -0.370 e. The first-order valence-electron chi connectivity index (χ1n) is 7.65. The number of carbonyl (C=O) groups is 5. The van der Waals surface area contributed by atoms with E-state index in [9.17, 15) is 28.8 Å². The smallest absolute Gasteiger partial charge is 0.243 e. The Morgan fingerprint density at radius 1 is 0.808 bits per heavy atom. The van der Waals surface area contributed by atoms with Gasteiger partial charge in [-0.2, -0.15) is 0 Å². The van der Waals surface area contributed by atoms with Crippen molar-refractivity contribution < 1.29 is 28.8 Å². The largest absolute Gasteiger partial charge is 0.370 e. The Kier molecular flexibility index (Phi) is 10.2. The van der Waals surface area contributed by atoms with Gasteiger partial charge in [0.1, 0.15) is 12.1 Å². The highest BCUT2D eigenvalue weighted by Gasteiger charge is 2.26. The molecule has 0 aromatic rings. The Balaban J connectivity index is 4.96. The predicted molar refractivity (Wildman–Crippen MR) is 88.2 cm³/mol. The second-order valence-electron chi connectivity index (χ2n) is 5.53. The van der Waals surface area contributed by atoms with Gasteiger partial charge in [0.25, 0.3) is 0 Å². The Labute approximate surface area is 149 Å². The van der Waals surface area contributed by atoms with Crippen molar-refractivity contribution in [1.82, 2.24) is 10.6 Å². The summed E-state index contributed by atoms with van der Waals surface area (Å²) in [6.07, 6.45) is 0.367. The summed E-state index contributed by atoms with van der Waals surface area (Å²) in [7, 11) is 0. The monoisotopic (exact) mass is 371 g/mol. The quantitative estimate of drug-likeness (QED) is 0.186. The van der Waals surface area contributed by atoms with Crippen molar-refractivity contribution >= 4 is 35.8 Å².